The fourth-order valence-corrected chi connectivity index (χ4v) is 1.32. The predicted molar refractivity (Wildman–Crippen MR) is 62.9 cm³/mol. The highest BCUT2D eigenvalue weighted by Crippen LogP contribution is 2.15. The van der Waals surface area contributed by atoms with Gasteiger partial charge in [-0.25, -0.2) is 0 Å². The highest BCUT2D eigenvalue weighted by atomic mass is 16.3. The molecule has 0 radical (unpaired) electrons. The second-order valence-electron chi connectivity index (χ2n) is 4.34. The lowest BCUT2D eigenvalue weighted by atomic mass is 10.1. The molecule has 5 heteroatoms. The first-order valence-electron chi connectivity index (χ1n) is 5.27. The van der Waals surface area contributed by atoms with Crippen molar-refractivity contribution in [3.63, 3.8) is 0 Å². The van der Waals surface area contributed by atoms with Gasteiger partial charge in [0.2, 0.25) is 0 Å². The maximum Gasteiger partial charge on any atom is 0.251 e. The Balaban J connectivity index is 2.71. The van der Waals surface area contributed by atoms with Crippen molar-refractivity contribution in [2.24, 2.45) is 0 Å². The minimum absolute atomic E-state index is 0.0390. The van der Waals surface area contributed by atoms with Crippen molar-refractivity contribution < 1.29 is 20.1 Å². The zero-order valence-electron chi connectivity index (χ0n) is 9.90. The Labute approximate surface area is 99.7 Å². The molecule has 0 heterocycles. The van der Waals surface area contributed by atoms with Gasteiger partial charge in [0.1, 0.15) is 11.4 Å². The molecule has 17 heavy (non-hydrogen) atoms. The van der Waals surface area contributed by atoms with E-state index in [1.54, 1.807) is 6.92 Å². The topological polar surface area (TPSA) is 89.8 Å². The number of aliphatic hydroxyl groups is 2. The highest BCUT2D eigenvalue weighted by molar-refractivity contribution is 5.95. The zero-order chi connectivity index (χ0) is 13.1. The van der Waals surface area contributed by atoms with Gasteiger partial charge in [0, 0.05) is 12.1 Å². The van der Waals surface area contributed by atoms with Crippen LogP contribution in [0.25, 0.3) is 0 Å². The van der Waals surface area contributed by atoms with Gasteiger partial charge in [-0.1, -0.05) is 0 Å². The van der Waals surface area contributed by atoms with Crippen LogP contribution in [0.1, 0.15) is 22.8 Å². The fourth-order valence-electron chi connectivity index (χ4n) is 1.32. The number of hydrogen-bond donors (Lipinski definition) is 4. The summed E-state index contributed by atoms with van der Waals surface area (Å²) in [5.41, 5.74) is -0.261. The van der Waals surface area contributed by atoms with Gasteiger partial charge in [-0.05, 0) is 37.6 Å². The number of phenols is 1. The first kappa shape index (κ1) is 13.5. The molecule has 1 atom stereocenters. The number of aromatic hydroxyl groups is 1. The van der Waals surface area contributed by atoms with Crippen molar-refractivity contribution in [1.29, 1.82) is 0 Å². The monoisotopic (exact) mass is 239 g/mol. The van der Waals surface area contributed by atoms with Crippen molar-refractivity contribution in [2.75, 3.05) is 13.2 Å². The van der Waals surface area contributed by atoms with E-state index in [4.69, 9.17) is 5.11 Å². The molecular weight excluding hydrogens is 222 g/mol. The van der Waals surface area contributed by atoms with Gasteiger partial charge in [-0.3, -0.25) is 4.79 Å². The number of carbonyl (C=O) groups excluding carboxylic acids is 1. The quantitative estimate of drug-likeness (QED) is 0.603. The maximum absolute atomic E-state index is 11.8. The van der Waals surface area contributed by atoms with E-state index in [1.807, 2.05) is 0 Å². The third-order valence-corrected chi connectivity index (χ3v) is 2.43. The number of phenolic OH excluding ortho intramolecular Hbond substituents is 1. The molecule has 1 unspecified atom stereocenters. The van der Waals surface area contributed by atoms with Gasteiger partial charge in [-0.15, -0.1) is 0 Å². The Morgan fingerprint density at radius 1 is 1.47 bits per heavy atom. The van der Waals surface area contributed by atoms with Gasteiger partial charge in [0.25, 0.3) is 5.91 Å². The molecule has 0 aliphatic carbocycles. The van der Waals surface area contributed by atoms with Gasteiger partial charge < -0.3 is 20.6 Å². The minimum atomic E-state index is -1.33. The van der Waals surface area contributed by atoms with Gasteiger partial charge in [-0.2, -0.15) is 0 Å². The van der Waals surface area contributed by atoms with Crippen LogP contribution >= 0.6 is 0 Å². The molecule has 5 nitrogen and oxygen atoms in total. The Bertz CT molecular complexity index is 415. The third-order valence-electron chi connectivity index (χ3n) is 2.43. The van der Waals surface area contributed by atoms with Crippen molar-refractivity contribution in [3.8, 4) is 5.75 Å². The Hall–Kier alpha value is -1.59. The average molecular weight is 239 g/mol. The van der Waals surface area contributed by atoms with Gasteiger partial charge in [0.05, 0.1) is 6.61 Å². The van der Waals surface area contributed by atoms with Crippen molar-refractivity contribution in [3.05, 3.63) is 29.3 Å². The first-order valence-corrected chi connectivity index (χ1v) is 5.27. The molecule has 1 amide bonds. The molecule has 1 rings (SSSR count). The number of benzene rings is 1. The molecule has 0 spiro atoms. The second kappa shape index (κ2) is 5.16. The summed E-state index contributed by atoms with van der Waals surface area (Å²) in [7, 11) is 0. The predicted octanol–water partition coefficient (Wildman–Crippen LogP) is 0.174. The molecule has 1 aromatic rings. The van der Waals surface area contributed by atoms with Crippen LogP contribution in [-0.4, -0.2) is 40.0 Å². The van der Waals surface area contributed by atoms with Crippen LogP contribution in [0, 0.1) is 6.92 Å². The first-order chi connectivity index (χ1) is 7.85. The van der Waals surface area contributed by atoms with Crippen LogP contribution in [0.4, 0.5) is 0 Å². The summed E-state index contributed by atoms with van der Waals surface area (Å²) in [6.45, 7) is 2.67. The lowest BCUT2D eigenvalue weighted by Gasteiger charge is -2.20. The maximum atomic E-state index is 11.8. The molecule has 0 saturated heterocycles. The number of rotatable bonds is 4. The van der Waals surface area contributed by atoms with Crippen LogP contribution in [-0.2, 0) is 0 Å². The minimum Gasteiger partial charge on any atom is -0.508 e. The van der Waals surface area contributed by atoms with Crippen molar-refractivity contribution in [1.82, 2.24) is 5.32 Å². The van der Waals surface area contributed by atoms with Crippen molar-refractivity contribution >= 4 is 5.91 Å². The van der Waals surface area contributed by atoms with Gasteiger partial charge in [0.15, 0.2) is 0 Å². The summed E-state index contributed by atoms with van der Waals surface area (Å²) < 4.78 is 0. The van der Waals surface area contributed by atoms with E-state index in [9.17, 15) is 15.0 Å². The number of nitrogens with one attached hydrogen (secondary N) is 1. The lowest BCUT2D eigenvalue weighted by molar-refractivity contribution is 0.00319. The summed E-state index contributed by atoms with van der Waals surface area (Å²) in [4.78, 5) is 11.8. The molecule has 0 aliphatic rings. The van der Waals surface area contributed by atoms with Crippen LogP contribution in [0.15, 0.2) is 18.2 Å². The van der Waals surface area contributed by atoms with Crippen LogP contribution in [0.2, 0.25) is 0 Å². The molecule has 0 saturated carbocycles. The molecule has 1 aromatic carbocycles. The number of aliphatic hydroxyl groups excluding tert-OH is 1. The molecule has 4 N–H and O–H groups in total. The number of aryl methyl sites for hydroxylation is 1. The van der Waals surface area contributed by atoms with E-state index in [0.29, 0.717) is 11.1 Å². The summed E-state index contributed by atoms with van der Waals surface area (Å²) in [5.74, 6) is -0.252. The summed E-state index contributed by atoms with van der Waals surface area (Å²) in [5, 5.41) is 30.1. The van der Waals surface area contributed by atoms with E-state index in [2.05, 4.69) is 5.32 Å². The Morgan fingerprint density at radius 3 is 2.65 bits per heavy atom. The van der Waals surface area contributed by atoms with E-state index in [1.165, 1.54) is 25.1 Å². The molecule has 0 fully saturated rings. The van der Waals surface area contributed by atoms with E-state index >= 15 is 0 Å². The summed E-state index contributed by atoms with van der Waals surface area (Å²) in [6, 6.07) is 4.42. The van der Waals surface area contributed by atoms with E-state index in [-0.39, 0.29) is 18.2 Å². The third kappa shape index (κ3) is 3.72. The Morgan fingerprint density at radius 2 is 2.12 bits per heavy atom. The number of carbonyl (C=O) groups is 1. The lowest BCUT2D eigenvalue weighted by Crippen LogP contribution is -2.43. The van der Waals surface area contributed by atoms with E-state index in [0.717, 1.165) is 0 Å². The molecular formula is C12H17NO4. The molecule has 0 aromatic heterocycles. The molecule has 94 valence electrons. The Kier molecular flexibility index (Phi) is 4.09. The largest absolute Gasteiger partial charge is 0.508 e. The van der Waals surface area contributed by atoms with Crippen molar-refractivity contribution in [2.45, 2.75) is 19.4 Å². The zero-order valence-corrected chi connectivity index (χ0v) is 9.90. The van der Waals surface area contributed by atoms with Crippen LogP contribution in [0.5, 0.6) is 5.75 Å². The average Bonchev–Trinajstić information content (AvgIpc) is 2.26. The summed E-state index contributed by atoms with van der Waals surface area (Å²) >= 11 is 0. The number of amides is 1. The van der Waals surface area contributed by atoms with E-state index < -0.39 is 12.2 Å². The molecule has 0 aliphatic heterocycles. The smallest absolute Gasteiger partial charge is 0.251 e. The summed E-state index contributed by atoms with van der Waals surface area (Å²) in [6.07, 6.45) is 0. The normalized spacial score (nSPS) is 14.1. The van der Waals surface area contributed by atoms with Crippen LogP contribution in [0.3, 0.4) is 0 Å². The standard InChI is InChI=1S/C12H17NO4/c1-8-5-9(15)3-4-10(8)11(16)13-6-12(2,17)7-14/h3-5,14-15,17H,6-7H2,1-2H3,(H,13,16). The van der Waals surface area contributed by atoms with Gasteiger partial charge >= 0.3 is 0 Å². The SMILES string of the molecule is Cc1cc(O)ccc1C(=O)NCC(C)(O)CO. The van der Waals surface area contributed by atoms with Crippen LogP contribution < -0.4 is 5.32 Å². The number of hydrogen-bond acceptors (Lipinski definition) is 4. The highest BCUT2D eigenvalue weighted by Gasteiger charge is 2.20. The fraction of sp³-hybridized carbons (Fsp3) is 0.417. The molecule has 0 bridgehead atoms. The second-order valence-corrected chi connectivity index (χ2v) is 4.34.